The Morgan fingerprint density at radius 2 is 1.95 bits per heavy atom. The Kier molecular flexibility index (Phi) is 4.60. The molecule has 0 fully saturated rings. The molecule has 0 spiro atoms. The SMILES string of the molecule is CCN(C=Cc1nnnn1-c1ccc([N+](=O)[O-])cc1)CC. The predicted octanol–water partition coefficient (Wildman–Crippen LogP) is 1.88. The van der Waals surface area contributed by atoms with E-state index in [0.717, 1.165) is 13.1 Å². The van der Waals surface area contributed by atoms with Crippen LogP contribution in [0.4, 0.5) is 5.69 Å². The summed E-state index contributed by atoms with van der Waals surface area (Å²) in [4.78, 5) is 12.3. The zero-order chi connectivity index (χ0) is 15.2. The van der Waals surface area contributed by atoms with Gasteiger partial charge < -0.3 is 4.90 Å². The van der Waals surface area contributed by atoms with Crippen LogP contribution in [0.3, 0.4) is 0 Å². The smallest absolute Gasteiger partial charge is 0.269 e. The van der Waals surface area contributed by atoms with Crippen LogP contribution >= 0.6 is 0 Å². The van der Waals surface area contributed by atoms with Crippen LogP contribution in [0.15, 0.2) is 30.5 Å². The first-order chi connectivity index (χ1) is 10.2. The molecule has 2 aromatic rings. The van der Waals surface area contributed by atoms with E-state index in [1.54, 1.807) is 12.1 Å². The van der Waals surface area contributed by atoms with Gasteiger partial charge in [-0.3, -0.25) is 10.1 Å². The molecule has 0 N–H and O–H groups in total. The molecule has 1 aromatic carbocycles. The van der Waals surface area contributed by atoms with E-state index >= 15 is 0 Å². The molecule has 0 aliphatic heterocycles. The molecule has 2 rings (SSSR count). The Labute approximate surface area is 121 Å². The zero-order valence-corrected chi connectivity index (χ0v) is 11.9. The van der Waals surface area contributed by atoms with Gasteiger partial charge >= 0.3 is 0 Å². The van der Waals surface area contributed by atoms with Crippen LogP contribution in [0.5, 0.6) is 0 Å². The standard InChI is InChI=1S/C13H16N6O2/c1-3-17(4-2)10-9-13-14-15-16-18(13)11-5-7-12(8-6-11)19(20)21/h5-10H,3-4H2,1-2H3. The minimum absolute atomic E-state index is 0.0343. The molecular weight excluding hydrogens is 272 g/mol. The van der Waals surface area contributed by atoms with Crippen LogP contribution in [0.1, 0.15) is 19.7 Å². The third kappa shape index (κ3) is 3.41. The third-order valence-corrected chi connectivity index (χ3v) is 3.05. The van der Waals surface area contributed by atoms with E-state index in [1.807, 2.05) is 12.3 Å². The van der Waals surface area contributed by atoms with Crippen molar-refractivity contribution >= 4 is 11.8 Å². The van der Waals surface area contributed by atoms with Crippen LogP contribution in [0.25, 0.3) is 11.8 Å². The highest BCUT2D eigenvalue weighted by Crippen LogP contribution is 2.15. The number of benzene rings is 1. The van der Waals surface area contributed by atoms with Gasteiger partial charge in [0.25, 0.3) is 5.69 Å². The lowest BCUT2D eigenvalue weighted by atomic mass is 10.3. The van der Waals surface area contributed by atoms with Crippen LogP contribution in [0.2, 0.25) is 0 Å². The van der Waals surface area contributed by atoms with Gasteiger partial charge in [-0.25, -0.2) is 0 Å². The monoisotopic (exact) mass is 288 g/mol. The summed E-state index contributed by atoms with van der Waals surface area (Å²) in [6.45, 7) is 5.92. The van der Waals surface area contributed by atoms with Crippen LogP contribution in [-0.4, -0.2) is 43.1 Å². The summed E-state index contributed by atoms with van der Waals surface area (Å²) < 4.78 is 1.53. The van der Waals surface area contributed by atoms with E-state index in [4.69, 9.17) is 0 Å². The average molecular weight is 288 g/mol. The quantitative estimate of drug-likeness (QED) is 0.595. The van der Waals surface area contributed by atoms with Gasteiger partial charge in [0.05, 0.1) is 10.6 Å². The molecule has 0 aliphatic carbocycles. The van der Waals surface area contributed by atoms with Gasteiger partial charge in [-0.1, -0.05) is 0 Å². The molecule has 0 amide bonds. The number of tetrazole rings is 1. The maximum absolute atomic E-state index is 10.7. The summed E-state index contributed by atoms with van der Waals surface area (Å²) in [5.74, 6) is 0.566. The molecule has 110 valence electrons. The minimum atomic E-state index is -0.440. The summed E-state index contributed by atoms with van der Waals surface area (Å²) in [5, 5.41) is 22.1. The number of non-ortho nitro benzene ring substituents is 1. The van der Waals surface area contributed by atoms with Crippen molar-refractivity contribution in [2.75, 3.05) is 13.1 Å². The minimum Gasteiger partial charge on any atom is -0.378 e. The fraction of sp³-hybridized carbons (Fsp3) is 0.308. The third-order valence-electron chi connectivity index (χ3n) is 3.05. The van der Waals surface area contributed by atoms with Gasteiger partial charge in [-0.05, 0) is 36.4 Å². The first-order valence-electron chi connectivity index (χ1n) is 6.61. The van der Waals surface area contributed by atoms with Gasteiger partial charge in [0.1, 0.15) is 0 Å². The van der Waals surface area contributed by atoms with Crippen LogP contribution < -0.4 is 0 Å². The van der Waals surface area contributed by atoms with Gasteiger partial charge in [0.15, 0.2) is 5.82 Å². The Balaban J connectivity index is 2.25. The average Bonchev–Trinajstić information content (AvgIpc) is 2.97. The zero-order valence-electron chi connectivity index (χ0n) is 11.9. The van der Waals surface area contributed by atoms with E-state index in [1.165, 1.54) is 16.8 Å². The molecule has 0 aliphatic rings. The largest absolute Gasteiger partial charge is 0.378 e. The fourth-order valence-corrected chi connectivity index (χ4v) is 1.80. The Morgan fingerprint density at radius 3 is 2.52 bits per heavy atom. The summed E-state index contributed by atoms with van der Waals surface area (Å²) in [6, 6.07) is 6.08. The molecule has 1 aromatic heterocycles. The van der Waals surface area contributed by atoms with E-state index < -0.39 is 4.92 Å². The molecule has 21 heavy (non-hydrogen) atoms. The number of aromatic nitrogens is 4. The highest BCUT2D eigenvalue weighted by atomic mass is 16.6. The Hall–Kier alpha value is -2.77. The molecule has 0 unspecified atom stereocenters. The molecule has 0 saturated heterocycles. The number of nitro groups is 1. The van der Waals surface area contributed by atoms with Crippen molar-refractivity contribution in [2.24, 2.45) is 0 Å². The number of hydrogen-bond acceptors (Lipinski definition) is 6. The fourth-order valence-electron chi connectivity index (χ4n) is 1.80. The molecule has 0 atom stereocenters. The molecule has 0 saturated carbocycles. The van der Waals surface area contributed by atoms with Crippen molar-refractivity contribution < 1.29 is 4.92 Å². The van der Waals surface area contributed by atoms with E-state index in [9.17, 15) is 10.1 Å². The van der Waals surface area contributed by atoms with Crippen molar-refractivity contribution in [3.63, 3.8) is 0 Å². The lowest BCUT2D eigenvalue weighted by Crippen LogP contribution is -2.15. The molecule has 0 bridgehead atoms. The van der Waals surface area contributed by atoms with Crippen molar-refractivity contribution in [3.05, 3.63) is 46.4 Å². The van der Waals surface area contributed by atoms with Gasteiger partial charge in [-0.2, -0.15) is 4.68 Å². The second kappa shape index (κ2) is 6.60. The predicted molar refractivity (Wildman–Crippen MR) is 77.8 cm³/mol. The first-order valence-corrected chi connectivity index (χ1v) is 6.61. The van der Waals surface area contributed by atoms with Gasteiger partial charge in [0, 0.05) is 37.5 Å². The summed E-state index contributed by atoms with van der Waals surface area (Å²) in [6.07, 6.45) is 3.74. The van der Waals surface area contributed by atoms with Crippen molar-refractivity contribution in [1.82, 2.24) is 25.1 Å². The second-order valence-electron chi connectivity index (χ2n) is 4.26. The Morgan fingerprint density at radius 1 is 1.29 bits per heavy atom. The number of nitro benzene ring substituents is 1. The highest BCUT2D eigenvalue weighted by Gasteiger charge is 2.09. The Bertz CT molecular complexity index is 630. The van der Waals surface area contributed by atoms with Crippen LogP contribution in [0, 0.1) is 10.1 Å². The molecule has 1 heterocycles. The number of rotatable bonds is 6. The van der Waals surface area contributed by atoms with Gasteiger partial charge in [-0.15, -0.1) is 5.10 Å². The lowest BCUT2D eigenvalue weighted by Gasteiger charge is -2.14. The maximum atomic E-state index is 10.7. The van der Waals surface area contributed by atoms with E-state index in [-0.39, 0.29) is 5.69 Å². The van der Waals surface area contributed by atoms with Gasteiger partial charge in [0.2, 0.25) is 0 Å². The molecule has 0 radical (unpaired) electrons. The van der Waals surface area contributed by atoms with E-state index in [0.29, 0.717) is 11.5 Å². The molecule has 8 nitrogen and oxygen atoms in total. The summed E-state index contributed by atoms with van der Waals surface area (Å²) in [7, 11) is 0. The second-order valence-corrected chi connectivity index (χ2v) is 4.26. The summed E-state index contributed by atoms with van der Waals surface area (Å²) in [5.41, 5.74) is 0.705. The van der Waals surface area contributed by atoms with Crippen molar-refractivity contribution in [1.29, 1.82) is 0 Å². The van der Waals surface area contributed by atoms with E-state index in [2.05, 4.69) is 34.3 Å². The number of nitrogens with zero attached hydrogens (tertiary/aromatic N) is 6. The van der Waals surface area contributed by atoms with Crippen molar-refractivity contribution in [2.45, 2.75) is 13.8 Å². The summed E-state index contributed by atoms with van der Waals surface area (Å²) >= 11 is 0. The molecule has 8 heteroatoms. The number of hydrogen-bond donors (Lipinski definition) is 0. The first kappa shape index (κ1) is 14.6. The van der Waals surface area contributed by atoms with Crippen LogP contribution in [-0.2, 0) is 0 Å². The lowest BCUT2D eigenvalue weighted by molar-refractivity contribution is -0.384. The molecular formula is C13H16N6O2. The topological polar surface area (TPSA) is 90.0 Å². The van der Waals surface area contributed by atoms with Crippen molar-refractivity contribution in [3.8, 4) is 5.69 Å². The highest BCUT2D eigenvalue weighted by molar-refractivity contribution is 5.46. The normalized spacial score (nSPS) is 11.0. The maximum Gasteiger partial charge on any atom is 0.269 e.